The molecule has 2 nitrogen and oxygen atoms in total. The Labute approximate surface area is 81.2 Å². The molecular formula is C8H16F4O2. The van der Waals surface area contributed by atoms with E-state index in [1.165, 1.54) is 0 Å². The van der Waals surface area contributed by atoms with Gasteiger partial charge < -0.3 is 9.47 Å². The summed E-state index contributed by atoms with van der Waals surface area (Å²) in [6.07, 6.45) is -3.23. The van der Waals surface area contributed by atoms with Crippen molar-refractivity contribution < 1.29 is 27.0 Å². The number of methoxy groups -OCH3 is 2. The molecule has 0 saturated carbocycles. The maximum Gasteiger partial charge on any atom is 0.418 e. The first-order valence-electron chi connectivity index (χ1n) is 4.02. The van der Waals surface area contributed by atoms with Crippen LogP contribution in [0, 0.1) is 0 Å². The zero-order valence-corrected chi connectivity index (χ0v) is 8.74. The van der Waals surface area contributed by atoms with Crippen LogP contribution in [0.25, 0.3) is 0 Å². The van der Waals surface area contributed by atoms with Crippen LogP contribution in [-0.4, -0.2) is 32.9 Å². The minimum Gasteiger partial charge on any atom is -0.385 e. The van der Waals surface area contributed by atoms with Gasteiger partial charge >= 0.3 is 12.0 Å². The van der Waals surface area contributed by atoms with Crippen LogP contribution < -0.4 is 0 Å². The maximum atomic E-state index is 11.7. The smallest absolute Gasteiger partial charge is 0.385 e. The Kier molecular flexibility index (Phi) is 8.04. The summed E-state index contributed by atoms with van der Waals surface area (Å²) in [6.45, 7) is 3.07. The molecule has 0 bridgehead atoms. The van der Waals surface area contributed by atoms with E-state index in [0.29, 0.717) is 7.11 Å². The molecule has 0 unspecified atom stereocenters. The highest BCUT2D eigenvalue weighted by Crippen LogP contribution is 2.33. The zero-order chi connectivity index (χ0) is 11.8. The normalized spacial score (nSPS) is 12.0. The third kappa shape index (κ3) is 7.08. The second-order valence-corrected chi connectivity index (χ2v) is 2.60. The fourth-order valence-corrected chi connectivity index (χ4v) is 0.383. The van der Waals surface area contributed by atoms with E-state index in [4.69, 9.17) is 4.74 Å². The van der Waals surface area contributed by atoms with Crippen LogP contribution in [-0.2, 0) is 9.47 Å². The van der Waals surface area contributed by atoms with Gasteiger partial charge in [0.15, 0.2) is 0 Å². The van der Waals surface area contributed by atoms with E-state index < -0.39 is 12.0 Å². The number of alkyl halides is 4. The maximum absolute atomic E-state index is 11.7. The molecule has 0 fully saturated rings. The van der Waals surface area contributed by atoms with Crippen LogP contribution in [0.4, 0.5) is 17.6 Å². The molecule has 0 radical (unpaired) electrons. The van der Waals surface area contributed by atoms with E-state index in [-0.39, 0.29) is 6.92 Å². The van der Waals surface area contributed by atoms with Crippen molar-refractivity contribution in [3.05, 3.63) is 0 Å². The van der Waals surface area contributed by atoms with E-state index in [9.17, 15) is 17.6 Å². The Morgan fingerprint density at radius 1 is 1.07 bits per heavy atom. The van der Waals surface area contributed by atoms with Crippen molar-refractivity contribution in [3.8, 4) is 0 Å². The first-order valence-corrected chi connectivity index (χ1v) is 4.02. The van der Waals surface area contributed by atoms with Gasteiger partial charge in [0, 0.05) is 27.8 Å². The Bertz CT molecular complexity index is 132. The summed E-state index contributed by atoms with van der Waals surface area (Å²) in [5, 5.41) is 0. The fraction of sp³-hybridized carbons (Fsp3) is 1.00. The number of halogens is 4. The molecule has 0 aromatic heterocycles. The average Bonchev–Trinajstić information content (AvgIpc) is 2.05. The SMILES string of the molecule is CCCOC.COC(F)(F)C(C)(F)F. The molecule has 0 amide bonds. The Hall–Kier alpha value is -0.360. The van der Waals surface area contributed by atoms with Crippen molar-refractivity contribution in [1.82, 2.24) is 0 Å². The summed E-state index contributed by atoms with van der Waals surface area (Å²) in [6, 6.07) is 0. The van der Waals surface area contributed by atoms with Gasteiger partial charge in [-0.15, -0.1) is 0 Å². The Morgan fingerprint density at radius 3 is 1.50 bits per heavy atom. The summed E-state index contributed by atoms with van der Waals surface area (Å²) in [5.74, 6) is -4.11. The van der Waals surface area contributed by atoms with Crippen LogP contribution in [0.2, 0.25) is 0 Å². The first-order chi connectivity index (χ1) is 6.22. The number of hydrogen-bond acceptors (Lipinski definition) is 2. The van der Waals surface area contributed by atoms with Crippen molar-refractivity contribution >= 4 is 0 Å². The second kappa shape index (κ2) is 7.00. The highest BCUT2D eigenvalue weighted by molar-refractivity contribution is 4.69. The van der Waals surface area contributed by atoms with Gasteiger partial charge in [0.2, 0.25) is 0 Å². The van der Waals surface area contributed by atoms with E-state index in [2.05, 4.69) is 11.7 Å². The van der Waals surface area contributed by atoms with Gasteiger partial charge in [-0.1, -0.05) is 6.92 Å². The molecule has 88 valence electrons. The standard InChI is InChI=1S/C4H6F4O.C4H10O/c1-3(5,6)4(7,8)9-2;1-3-4-5-2/h1-2H3;3-4H2,1-2H3. The lowest BCUT2D eigenvalue weighted by atomic mass is 10.4. The predicted molar refractivity (Wildman–Crippen MR) is 44.7 cm³/mol. The molecule has 0 aromatic carbocycles. The second-order valence-electron chi connectivity index (χ2n) is 2.60. The van der Waals surface area contributed by atoms with Gasteiger partial charge in [0.05, 0.1) is 0 Å². The molecule has 0 aliphatic rings. The Balaban J connectivity index is 0. The molecule has 0 spiro atoms. The van der Waals surface area contributed by atoms with Gasteiger partial charge in [-0.25, -0.2) is 0 Å². The van der Waals surface area contributed by atoms with E-state index in [1.54, 1.807) is 7.11 Å². The van der Waals surface area contributed by atoms with E-state index >= 15 is 0 Å². The van der Waals surface area contributed by atoms with Crippen molar-refractivity contribution in [2.45, 2.75) is 32.3 Å². The van der Waals surface area contributed by atoms with E-state index in [0.717, 1.165) is 13.0 Å². The summed E-state index contributed by atoms with van der Waals surface area (Å²) in [7, 11) is 2.24. The molecule has 0 aliphatic heterocycles. The third-order valence-corrected chi connectivity index (χ3v) is 1.18. The molecule has 0 atom stereocenters. The van der Waals surface area contributed by atoms with Gasteiger partial charge in [-0.05, 0) is 6.42 Å². The largest absolute Gasteiger partial charge is 0.418 e. The summed E-state index contributed by atoms with van der Waals surface area (Å²) in [4.78, 5) is 0. The summed E-state index contributed by atoms with van der Waals surface area (Å²) in [5.41, 5.74) is 0. The van der Waals surface area contributed by atoms with Crippen LogP contribution in [0.15, 0.2) is 0 Å². The summed E-state index contributed by atoms with van der Waals surface area (Å²) < 4.78 is 54.5. The van der Waals surface area contributed by atoms with Gasteiger partial charge in [-0.3, -0.25) is 0 Å². The molecule has 14 heavy (non-hydrogen) atoms. The molecular weight excluding hydrogens is 204 g/mol. The van der Waals surface area contributed by atoms with Crippen molar-refractivity contribution in [2.75, 3.05) is 20.8 Å². The quantitative estimate of drug-likeness (QED) is 0.678. The molecule has 0 rings (SSSR count). The van der Waals surface area contributed by atoms with Crippen molar-refractivity contribution in [3.63, 3.8) is 0 Å². The van der Waals surface area contributed by atoms with E-state index in [1.807, 2.05) is 0 Å². The van der Waals surface area contributed by atoms with Gasteiger partial charge in [0.25, 0.3) is 0 Å². The predicted octanol–water partition coefficient (Wildman–Crippen LogP) is 2.92. The molecule has 0 aromatic rings. The highest BCUT2D eigenvalue weighted by Gasteiger charge is 2.52. The van der Waals surface area contributed by atoms with Crippen molar-refractivity contribution in [2.24, 2.45) is 0 Å². The molecule has 0 heterocycles. The summed E-state index contributed by atoms with van der Waals surface area (Å²) >= 11 is 0. The minimum absolute atomic E-state index is 0.0938. The Morgan fingerprint density at radius 2 is 1.50 bits per heavy atom. The fourth-order valence-electron chi connectivity index (χ4n) is 0.383. The molecule has 0 N–H and O–H groups in total. The number of ether oxygens (including phenoxy) is 2. The molecule has 0 aliphatic carbocycles. The lowest BCUT2D eigenvalue weighted by Gasteiger charge is -2.20. The molecule has 6 heteroatoms. The average molecular weight is 220 g/mol. The topological polar surface area (TPSA) is 18.5 Å². The molecule has 0 saturated heterocycles. The van der Waals surface area contributed by atoms with Crippen LogP contribution >= 0.6 is 0 Å². The minimum atomic E-state index is -4.35. The zero-order valence-electron chi connectivity index (χ0n) is 8.74. The monoisotopic (exact) mass is 220 g/mol. The number of hydrogen-bond donors (Lipinski definition) is 0. The van der Waals surface area contributed by atoms with Crippen molar-refractivity contribution in [1.29, 1.82) is 0 Å². The van der Waals surface area contributed by atoms with Crippen LogP contribution in [0.1, 0.15) is 20.3 Å². The lowest BCUT2D eigenvalue weighted by molar-refractivity contribution is -0.330. The van der Waals surface area contributed by atoms with Crippen LogP contribution in [0.3, 0.4) is 0 Å². The van der Waals surface area contributed by atoms with Gasteiger partial charge in [0.1, 0.15) is 0 Å². The first kappa shape index (κ1) is 16.1. The van der Waals surface area contributed by atoms with Crippen LogP contribution in [0.5, 0.6) is 0 Å². The lowest BCUT2D eigenvalue weighted by Crippen LogP contribution is -2.39. The number of rotatable bonds is 4. The highest BCUT2D eigenvalue weighted by atomic mass is 19.3. The van der Waals surface area contributed by atoms with Gasteiger partial charge in [-0.2, -0.15) is 17.6 Å². The third-order valence-electron chi connectivity index (χ3n) is 1.18.